The van der Waals surface area contributed by atoms with E-state index in [0.29, 0.717) is 0 Å². The summed E-state index contributed by atoms with van der Waals surface area (Å²) < 4.78 is 0. The summed E-state index contributed by atoms with van der Waals surface area (Å²) >= 11 is 0. The molecule has 0 spiro atoms. The highest BCUT2D eigenvalue weighted by atomic mass is 16.4. The van der Waals surface area contributed by atoms with Crippen molar-refractivity contribution in [3.63, 3.8) is 0 Å². The molecule has 0 unspecified atom stereocenters. The summed E-state index contributed by atoms with van der Waals surface area (Å²) in [7, 11) is 1.45. The predicted octanol–water partition coefficient (Wildman–Crippen LogP) is 3.30. The molecule has 92 valence electrons. The van der Waals surface area contributed by atoms with Gasteiger partial charge in [0.1, 0.15) is 5.71 Å². The summed E-state index contributed by atoms with van der Waals surface area (Å²) in [5.74, 6) is 0.0457. The number of allylic oxidation sites excluding steroid dienone is 1. The van der Waals surface area contributed by atoms with Gasteiger partial charge >= 0.3 is 5.97 Å². The lowest BCUT2D eigenvalue weighted by Gasteiger charge is -2.15. The third kappa shape index (κ3) is 7.21. The number of carboxylic acids is 1. The molecule has 0 bridgehead atoms. The van der Waals surface area contributed by atoms with Crippen LogP contribution in [0, 0.1) is 5.92 Å². The van der Waals surface area contributed by atoms with Crippen molar-refractivity contribution >= 4 is 11.7 Å². The number of carbonyl (C=O) groups is 1. The van der Waals surface area contributed by atoms with E-state index in [0.717, 1.165) is 5.92 Å². The van der Waals surface area contributed by atoms with Gasteiger partial charge in [0, 0.05) is 7.05 Å². The normalized spacial score (nSPS) is 18.1. The van der Waals surface area contributed by atoms with Crippen LogP contribution in [-0.2, 0) is 4.79 Å². The molecule has 0 saturated heterocycles. The molecule has 1 rings (SSSR count). The first kappa shape index (κ1) is 14.9. The molecule has 0 aromatic heterocycles. The second-order valence-corrected chi connectivity index (χ2v) is 4.16. The lowest BCUT2D eigenvalue weighted by atomic mass is 9.91. The third-order valence-electron chi connectivity index (χ3n) is 2.68. The van der Waals surface area contributed by atoms with Gasteiger partial charge in [-0.05, 0) is 18.9 Å². The zero-order chi connectivity index (χ0) is 12.4. The monoisotopic (exact) mass is 225 g/mol. The molecule has 0 aromatic rings. The molecule has 0 aliphatic heterocycles. The van der Waals surface area contributed by atoms with Gasteiger partial charge in [0.05, 0.1) is 0 Å². The van der Waals surface area contributed by atoms with E-state index in [4.69, 9.17) is 5.11 Å². The van der Waals surface area contributed by atoms with Crippen molar-refractivity contribution in [2.75, 3.05) is 7.05 Å². The summed E-state index contributed by atoms with van der Waals surface area (Å²) in [6.07, 6.45) is 10.5. The fourth-order valence-electron chi connectivity index (χ4n) is 1.71. The highest BCUT2D eigenvalue weighted by molar-refractivity contribution is 6.40. The Morgan fingerprint density at radius 1 is 1.31 bits per heavy atom. The van der Waals surface area contributed by atoms with E-state index in [1.807, 2.05) is 0 Å². The van der Waals surface area contributed by atoms with Crippen molar-refractivity contribution in [3.8, 4) is 0 Å². The van der Waals surface area contributed by atoms with Crippen molar-refractivity contribution < 1.29 is 9.90 Å². The molecule has 1 aliphatic rings. The van der Waals surface area contributed by atoms with E-state index < -0.39 is 5.97 Å². The van der Waals surface area contributed by atoms with E-state index >= 15 is 0 Å². The molecule has 0 heterocycles. The van der Waals surface area contributed by atoms with E-state index in [1.54, 1.807) is 13.0 Å². The standard InChI is InChI=1S/C7H14.C6H9NO2/c1-7-5-3-2-4-6-7;1-3-4-5(7-2)6(8)9/h7H,2-6H2,1H3;3-4H,1-2H3,(H,8,9)/b;4-3-,7-5?. The Morgan fingerprint density at radius 2 is 1.88 bits per heavy atom. The maximum absolute atomic E-state index is 10.1. The molecular formula is C13H23NO2. The van der Waals surface area contributed by atoms with Crippen LogP contribution in [0.15, 0.2) is 17.1 Å². The number of rotatable bonds is 2. The van der Waals surface area contributed by atoms with Crippen LogP contribution >= 0.6 is 0 Å². The summed E-state index contributed by atoms with van der Waals surface area (Å²) in [6.45, 7) is 4.10. The quantitative estimate of drug-likeness (QED) is 0.733. The highest BCUT2D eigenvalue weighted by Gasteiger charge is 2.05. The maximum atomic E-state index is 10.1. The average molecular weight is 225 g/mol. The van der Waals surface area contributed by atoms with Crippen LogP contribution < -0.4 is 0 Å². The smallest absolute Gasteiger partial charge is 0.354 e. The zero-order valence-corrected chi connectivity index (χ0v) is 10.6. The van der Waals surface area contributed by atoms with Crippen LogP contribution in [-0.4, -0.2) is 23.8 Å². The Balaban J connectivity index is 0.000000288. The first-order valence-corrected chi connectivity index (χ1v) is 5.94. The van der Waals surface area contributed by atoms with Gasteiger partial charge in [0.25, 0.3) is 0 Å². The van der Waals surface area contributed by atoms with Crippen molar-refractivity contribution in [1.29, 1.82) is 0 Å². The second kappa shape index (κ2) is 9.13. The summed E-state index contributed by atoms with van der Waals surface area (Å²) in [6, 6.07) is 0. The Kier molecular flexibility index (Phi) is 8.49. The number of nitrogens with zero attached hydrogens (tertiary/aromatic N) is 1. The highest BCUT2D eigenvalue weighted by Crippen LogP contribution is 2.22. The second-order valence-electron chi connectivity index (χ2n) is 4.16. The minimum absolute atomic E-state index is 0.0810. The molecule has 0 atom stereocenters. The molecule has 0 radical (unpaired) electrons. The van der Waals surface area contributed by atoms with E-state index in [9.17, 15) is 4.79 Å². The summed E-state index contributed by atoms with van der Waals surface area (Å²) in [5, 5.41) is 8.32. The number of carboxylic acid groups (broad SMARTS) is 1. The van der Waals surface area contributed by atoms with Crippen molar-refractivity contribution in [3.05, 3.63) is 12.2 Å². The fourth-order valence-corrected chi connectivity index (χ4v) is 1.71. The summed E-state index contributed by atoms with van der Waals surface area (Å²) in [5.41, 5.74) is 0.0810. The van der Waals surface area contributed by atoms with Gasteiger partial charge in [0.2, 0.25) is 0 Å². The number of hydrogen-bond donors (Lipinski definition) is 1. The van der Waals surface area contributed by atoms with Gasteiger partial charge in [-0.2, -0.15) is 0 Å². The fraction of sp³-hybridized carbons (Fsp3) is 0.692. The lowest BCUT2D eigenvalue weighted by Crippen LogP contribution is -2.08. The zero-order valence-electron chi connectivity index (χ0n) is 10.6. The first-order valence-electron chi connectivity index (χ1n) is 5.94. The molecule has 1 fully saturated rings. The molecule has 0 amide bonds. The molecule has 1 saturated carbocycles. The van der Waals surface area contributed by atoms with Crippen molar-refractivity contribution in [1.82, 2.24) is 0 Å². The van der Waals surface area contributed by atoms with E-state index in [-0.39, 0.29) is 5.71 Å². The Bertz CT molecular complexity index is 251. The van der Waals surface area contributed by atoms with Gasteiger partial charge < -0.3 is 5.11 Å². The minimum atomic E-state index is -0.990. The van der Waals surface area contributed by atoms with Crippen LogP contribution in [0.4, 0.5) is 0 Å². The molecule has 3 nitrogen and oxygen atoms in total. The predicted molar refractivity (Wildman–Crippen MR) is 68.1 cm³/mol. The van der Waals surface area contributed by atoms with Crippen LogP contribution in [0.5, 0.6) is 0 Å². The van der Waals surface area contributed by atoms with Crippen LogP contribution in [0.25, 0.3) is 0 Å². The summed E-state index contributed by atoms with van der Waals surface area (Å²) in [4.78, 5) is 13.6. The average Bonchev–Trinajstić information content (AvgIpc) is 2.27. The molecule has 0 aromatic carbocycles. The lowest BCUT2D eigenvalue weighted by molar-refractivity contribution is -0.129. The number of aliphatic imine (C=N–C) groups is 1. The Labute approximate surface area is 98.3 Å². The van der Waals surface area contributed by atoms with E-state index in [1.165, 1.54) is 45.2 Å². The van der Waals surface area contributed by atoms with Crippen molar-refractivity contribution in [2.24, 2.45) is 10.9 Å². The van der Waals surface area contributed by atoms with E-state index in [2.05, 4.69) is 11.9 Å². The van der Waals surface area contributed by atoms with Crippen LogP contribution in [0.2, 0.25) is 0 Å². The molecule has 3 heteroatoms. The largest absolute Gasteiger partial charge is 0.477 e. The SMILES string of the molecule is C/C=C\C(=NC)C(=O)O.CC1CCCCC1. The number of hydrogen-bond acceptors (Lipinski definition) is 2. The Morgan fingerprint density at radius 3 is 2.06 bits per heavy atom. The molecule has 16 heavy (non-hydrogen) atoms. The van der Waals surface area contributed by atoms with Gasteiger partial charge in [-0.25, -0.2) is 4.79 Å². The molecular weight excluding hydrogens is 202 g/mol. The van der Waals surface area contributed by atoms with Gasteiger partial charge in [0.15, 0.2) is 0 Å². The van der Waals surface area contributed by atoms with Gasteiger partial charge in [-0.1, -0.05) is 45.1 Å². The minimum Gasteiger partial charge on any atom is -0.477 e. The number of aliphatic carboxylic acids is 1. The van der Waals surface area contributed by atoms with Crippen LogP contribution in [0.1, 0.15) is 46.0 Å². The third-order valence-corrected chi connectivity index (χ3v) is 2.68. The van der Waals surface area contributed by atoms with Crippen molar-refractivity contribution in [2.45, 2.75) is 46.0 Å². The van der Waals surface area contributed by atoms with Crippen LogP contribution in [0.3, 0.4) is 0 Å². The first-order chi connectivity index (χ1) is 7.61. The molecule has 1 N–H and O–H groups in total. The molecule has 1 aliphatic carbocycles. The van der Waals surface area contributed by atoms with Gasteiger partial charge in [-0.3, -0.25) is 4.99 Å². The topological polar surface area (TPSA) is 49.7 Å². The Hall–Kier alpha value is -1.12. The maximum Gasteiger partial charge on any atom is 0.354 e. The van der Waals surface area contributed by atoms with Gasteiger partial charge in [-0.15, -0.1) is 0 Å².